The molecule has 3 rings (SSSR count). The first kappa shape index (κ1) is 9.09. The number of anilines is 3. The van der Waals surface area contributed by atoms with Crippen LogP contribution in [0.3, 0.4) is 0 Å². The molecule has 0 spiro atoms. The Kier molecular flexibility index (Phi) is 1.96. The van der Waals surface area contributed by atoms with Gasteiger partial charge in [0.25, 0.3) is 0 Å². The monoisotopic (exact) mass is 212 g/mol. The first-order valence-electron chi connectivity index (χ1n) is 5.24. The highest BCUT2D eigenvalue weighted by atomic mass is 16.3. The number of hydrogen-bond acceptors (Lipinski definition) is 3. The molecule has 0 aliphatic carbocycles. The fraction of sp³-hybridized carbons (Fsp3) is 0.0769. The molecule has 0 saturated heterocycles. The number of rotatable bonds is 1. The van der Waals surface area contributed by atoms with Crippen LogP contribution >= 0.6 is 0 Å². The molecule has 2 N–H and O–H groups in total. The maximum atomic E-state index is 9.47. The van der Waals surface area contributed by atoms with Crippen molar-refractivity contribution < 1.29 is 5.11 Å². The zero-order chi connectivity index (χ0) is 11.0. The van der Waals surface area contributed by atoms with E-state index in [2.05, 4.69) is 22.3 Å². The molecule has 0 saturated carbocycles. The molecule has 0 atom stereocenters. The van der Waals surface area contributed by atoms with Gasteiger partial charge >= 0.3 is 0 Å². The predicted octanol–water partition coefficient (Wildman–Crippen LogP) is 2.91. The quantitative estimate of drug-likeness (QED) is 0.763. The molecule has 0 amide bonds. The average Bonchev–Trinajstić information content (AvgIpc) is 2.72. The van der Waals surface area contributed by atoms with Crippen molar-refractivity contribution in [3.63, 3.8) is 0 Å². The Labute approximate surface area is 94.0 Å². The normalized spacial score (nSPS) is 13.4. The highest BCUT2D eigenvalue weighted by Crippen LogP contribution is 2.36. The minimum atomic E-state index is 0.293. The molecule has 3 nitrogen and oxygen atoms in total. The Morgan fingerprint density at radius 2 is 1.94 bits per heavy atom. The van der Waals surface area contributed by atoms with E-state index in [0.29, 0.717) is 5.75 Å². The van der Waals surface area contributed by atoms with Crippen LogP contribution in [0.1, 0.15) is 0 Å². The van der Waals surface area contributed by atoms with Gasteiger partial charge in [-0.1, -0.05) is 18.2 Å². The Morgan fingerprint density at radius 1 is 1.06 bits per heavy atom. The fourth-order valence-corrected chi connectivity index (χ4v) is 2.00. The maximum Gasteiger partial charge on any atom is 0.117 e. The molecular weight excluding hydrogens is 200 g/mol. The predicted molar refractivity (Wildman–Crippen MR) is 65.2 cm³/mol. The maximum absolute atomic E-state index is 9.47. The van der Waals surface area contributed by atoms with Gasteiger partial charge in [0.05, 0.1) is 18.0 Å². The second-order valence-corrected chi connectivity index (χ2v) is 3.80. The van der Waals surface area contributed by atoms with Crippen LogP contribution in [0, 0.1) is 0 Å². The summed E-state index contributed by atoms with van der Waals surface area (Å²) in [5, 5.41) is 12.8. The van der Waals surface area contributed by atoms with Crippen LogP contribution in [0.25, 0.3) is 0 Å². The Bertz CT molecular complexity index is 525. The van der Waals surface area contributed by atoms with Gasteiger partial charge < -0.3 is 15.3 Å². The zero-order valence-electron chi connectivity index (χ0n) is 8.72. The fourth-order valence-electron chi connectivity index (χ4n) is 2.00. The van der Waals surface area contributed by atoms with Crippen LogP contribution in [0.5, 0.6) is 5.75 Å². The second-order valence-electron chi connectivity index (χ2n) is 3.80. The van der Waals surface area contributed by atoms with Crippen molar-refractivity contribution >= 4 is 17.1 Å². The molecule has 1 heterocycles. The van der Waals surface area contributed by atoms with Gasteiger partial charge in [0.15, 0.2) is 0 Å². The van der Waals surface area contributed by atoms with E-state index in [1.165, 1.54) is 0 Å². The summed E-state index contributed by atoms with van der Waals surface area (Å²) >= 11 is 0. The average molecular weight is 212 g/mol. The van der Waals surface area contributed by atoms with Crippen molar-refractivity contribution in [1.29, 1.82) is 0 Å². The number of nitrogens with one attached hydrogen (secondary N) is 1. The number of aromatic hydroxyl groups is 1. The van der Waals surface area contributed by atoms with E-state index in [-0.39, 0.29) is 0 Å². The molecule has 16 heavy (non-hydrogen) atoms. The van der Waals surface area contributed by atoms with E-state index >= 15 is 0 Å². The number of fused-ring (bicyclic) bond motifs is 1. The summed E-state index contributed by atoms with van der Waals surface area (Å²) < 4.78 is 0. The minimum absolute atomic E-state index is 0.293. The summed E-state index contributed by atoms with van der Waals surface area (Å²) in [5.41, 5.74) is 3.27. The van der Waals surface area contributed by atoms with E-state index in [1.807, 2.05) is 24.3 Å². The van der Waals surface area contributed by atoms with Gasteiger partial charge in [0, 0.05) is 11.8 Å². The number of hydrogen-bond donors (Lipinski definition) is 2. The van der Waals surface area contributed by atoms with Crippen LogP contribution in [-0.4, -0.2) is 11.8 Å². The smallest absolute Gasteiger partial charge is 0.117 e. The van der Waals surface area contributed by atoms with E-state index in [1.54, 1.807) is 12.1 Å². The Hall–Kier alpha value is -2.16. The van der Waals surface area contributed by atoms with Gasteiger partial charge in [-0.05, 0) is 24.3 Å². The number of para-hydroxylation sites is 2. The van der Waals surface area contributed by atoms with Gasteiger partial charge in [0.1, 0.15) is 5.75 Å². The number of benzene rings is 2. The summed E-state index contributed by atoms with van der Waals surface area (Å²) in [4.78, 5) is 2.13. The first-order valence-corrected chi connectivity index (χ1v) is 5.24. The molecule has 3 heteroatoms. The van der Waals surface area contributed by atoms with Gasteiger partial charge in [-0.3, -0.25) is 0 Å². The third-order valence-corrected chi connectivity index (χ3v) is 2.76. The van der Waals surface area contributed by atoms with E-state index in [9.17, 15) is 5.11 Å². The molecule has 0 fully saturated rings. The molecule has 0 bridgehead atoms. The summed E-state index contributed by atoms with van der Waals surface area (Å²) in [6.45, 7) is 0.739. The van der Waals surface area contributed by atoms with Crippen molar-refractivity contribution in [3.8, 4) is 5.75 Å². The highest BCUT2D eigenvalue weighted by Gasteiger charge is 2.18. The standard InChI is InChI=1S/C13H12N2O/c16-11-5-3-4-10(8-11)15-9-14-12-6-1-2-7-13(12)15/h1-8,14,16H,9H2. The third-order valence-electron chi connectivity index (χ3n) is 2.76. The van der Waals surface area contributed by atoms with Crippen LogP contribution in [-0.2, 0) is 0 Å². The van der Waals surface area contributed by atoms with Gasteiger partial charge in [0.2, 0.25) is 0 Å². The second kappa shape index (κ2) is 3.45. The lowest BCUT2D eigenvalue weighted by Crippen LogP contribution is -2.16. The minimum Gasteiger partial charge on any atom is -0.508 e. The number of phenolic OH excluding ortho intramolecular Hbond substituents is 1. The summed E-state index contributed by atoms with van der Waals surface area (Å²) in [5.74, 6) is 0.293. The van der Waals surface area contributed by atoms with E-state index in [4.69, 9.17) is 0 Å². The zero-order valence-corrected chi connectivity index (χ0v) is 8.72. The molecular formula is C13H12N2O. The van der Waals surface area contributed by atoms with Crippen LogP contribution < -0.4 is 10.2 Å². The number of nitrogens with zero attached hydrogens (tertiary/aromatic N) is 1. The first-order chi connectivity index (χ1) is 7.84. The van der Waals surface area contributed by atoms with Crippen molar-refractivity contribution in [2.24, 2.45) is 0 Å². The van der Waals surface area contributed by atoms with Crippen molar-refractivity contribution in [2.75, 3.05) is 16.9 Å². The molecule has 0 radical (unpaired) electrons. The molecule has 80 valence electrons. The van der Waals surface area contributed by atoms with Gasteiger partial charge in [-0.15, -0.1) is 0 Å². The summed E-state index contributed by atoms with van der Waals surface area (Å²) in [6, 6.07) is 15.4. The summed E-state index contributed by atoms with van der Waals surface area (Å²) in [7, 11) is 0. The van der Waals surface area contributed by atoms with Gasteiger partial charge in [-0.25, -0.2) is 0 Å². The van der Waals surface area contributed by atoms with Crippen molar-refractivity contribution in [2.45, 2.75) is 0 Å². The number of phenols is 1. The van der Waals surface area contributed by atoms with E-state index < -0.39 is 0 Å². The molecule has 0 aromatic heterocycles. The lowest BCUT2D eigenvalue weighted by molar-refractivity contribution is 0.475. The Morgan fingerprint density at radius 3 is 2.81 bits per heavy atom. The van der Waals surface area contributed by atoms with Crippen LogP contribution in [0.15, 0.2) is 48.5 Å². The molecule has 1 aliphatic rings. The largest absolute Gasteiger partial charge is 0.508 e. The third kappa shape index (κ3) is 1.37. The van der Waals surface area contributed by atoms with Crippen LogP contribution in [0.4, 0.5) is 17.1 Å². The SMILES string of the molecule is Oc1cccc(N2CNc3ccccc32)c1. The lowest BCUT2D eigenvalue weighted by atomic mass is 10.2. The van der Waals surface area contributed by atoms with Crippen molar-refractivity contribution in [1.82, 2.24) is 0 Å². The lowest BCUT2D eigenvalue weighted by Gasteiger charge is -2.17. The van der Waals surface area contributed by atoms with Crippen LogP contribution in [0.2, 0.25) is 0 Å². The highest BCUT2D eigenvalue weighted by molar-refractivity contribution is 5.81. The van der Waals surface area contributed by atoms with E-state index in [0.717, 1.165) is 23.7 Å². The topological polar surface area (TPSA) is 35.5 Å². The molecule has 1 aliphatic heterocycles. The molecule has 2 aromatic carbocycles. The molecule has 0 unspecified atom stereocenters. The summed E-state index contributed by atoms with van der Waals surface area (Å²) in [6.07, 6.45) is 0. The Balaban J connectivity index is 2.05. The molecule has 2 aromatic rings. The van der Waals surface area contributed by atoms with Crippen molar-refractivity contribution in [3.05, 3.63) is 48.5 Å². The van der Waals surface area contributed by atoms with Gasteiger partial charge in [-0.2, -0.15) is 0 Å².